The molecule has 0 saturated carbocycles. The van der Waals surface area contributed by atoms with Gasteiger partial charge in [-0.05, 0) is 43.4 Å². The van der Waals surface area contributed by atoms with Gasteiger partial charge in [-0.2, -0.15) is 0 Å². The van der Waals surface area contributed by atoms with Crippen LogP contribution >= 0.6 is 15.9 Å². The second-order valence-electron chi connectivity index (χ2n) is 6.60. The van der Waals surface area contributed by atoms with Crippen molar-refractivity contribution in [2.75, 3.05) is 13.2 Å². The highest BCUT2D eigenvalue weighted by Gasteiger charge is 2.32. The maximum atomic E-state index is 6.10. The molecule has 3 heteroatoms. The molecule has 0 aliphatic heterocycles. The molecule has 1 N–H and O–H groups in total. The van der Waals surface area contributed by atoms with Crippen LogP contribution in [0.4, 0.5) is 0 Å². The fourth-order valence-corrected chi connectivity index (χ4v) is 3.11. The molecule has 0 aromatic heterocycles. The first-order chi connectivity index (χ1) is 9.90. The summed E-state index contributed by atoms with van der Waals surface area (Å²) in [6.45, 7) is 12.8. The van der Waals surface area contributed by atoms with Gasteiger partial charge < -0.3 is 10.1 Å². The Hall–Kier alpha value is -0.380. The quantitative estimate of drug-likeness (QED) is 0.722. The average molecular weight is 356 g/mol. The van der Waals surface area contributed by atoms with E-state index in [1.54, 1.807) is 0 Å². The molecule has 2 atom stereocenters. The summed E-state index contributed by atoms with van der Waals surface area (Å²) < 4.78 is 7.28. The smallest absolute Gasteiger partial charge is 0.0779 e. The first kappa shape index (κ1) is 18.7. The number of hydrogen-bond donors (Lipinski definition) is 1. The molecule has 1 rings (SSSR count). The van der Waals surface area contributed by atoms with E-state index in [0.29, 0.717) is 6.04 Å². The van der Waals surface area contributed by atoms with Gasteiger partial charge in [0.2, 0.25) is 0 Å². The Bertz CT molecular complexity index is 414. The van der Waals surface area contributed by atoms with Crippen molar-refractivity contribution in [3.8, 4) is 0 Å². The molecule has 2 unspecified atom stereocenters. The lowest BCUT2D eigenvalue weighted by atomic mass is 9.82. The number of benzene rings is 1. The van der Waals surface area contributed by atoms with Gasteiger partial charge in [-0.1, -0.05) is 61.8 Å². The number of ether oxygens (including phenoxy) is 1. The van der Waals surface area contributed by atoms with Gasteiger partial charge in [0.25, 0.3) is 0 Å². The van der Waals surface area contributed by atoms with Gasteiger partial charge in [0.15, 0.2) is 0 Å². The van der Waals surface area contributed by atoms with Crippen LogP contribution in [0.25, 0.3) is 0 Å². The highest BCUT2D eigenvalue weighted by atomic mass is 79.9. The van der Waals surface area contributed by atoms with Crippen molar-refractivity contribution < 1.29 is 4.74 Å². The van der Waals surface area contributed by atoms with E-state index >= 15 is 0 Å². The van der Waals surface area contributed by atoms with Gasteiger partial charge in [0.1, 0.15) is 0 Å². The van der Waals surface area contributed by atoms with Gasteiger partial charge >= 0.3 is 0 Å². The van der Waals surface area contributed by atoms with Gasteiger partial charge in [0, 0.05) is 17.1 Å². The monoisotopic (exact) mass is 355 g/mol. The van der Waals surface area contributed by atoms with Crippen molar-refractivity contribution in [3.05, 3.63) is 34.3 Å². The molecule has 2 nitrogen and oxygen atoms in total. The second-order valence-corrected chi connectivity index (χ2v) is 7.45. The zero-order valence-electron chi connectivity index (χ0n) is 14.1. The van der Waals surface area contributed by atoms with Crippen molar-refractivity contribution in [3.63, 3.8) is 0 Å². The molecular weight excluding hydrogens is 326 g/mol. The van der Waals surface area contributed by atoms with E-state index < -0.39 is 0 Å². The topological polar surface area (TPSA) is 21.3 Å². The van der Waals surface area contributed by atoms with E-state index in [9.17, 15) is 0 Å². The van der Waals surface area contributed by atoms with Crippen LogP contribution in [0.3, 0.4) is 0 Å². The lowest BCUT2D eigenvalue weighted by Gasteiger charge is -2.37. The Morgan fingerprint density at radius 1 is 1.19 bits per heavy atom. The minimum absolute atomic E-state index is 0.114. The summed E-state index contributed by atoms with van der Waals surface area (Å²) in [7, 11) is 0. The van der Waals surface area contributed by atoms with E-state index in [0.717, 1.165) is 26.0 Å². The molecule has 21 heavy (non-hydrogen) atoms. The van der Waals surface area contributed by atoms with Crippen LogP contribution in [-0.2, 0) is 11.2 Å². The zero-order valence-corrected chi connectivity index (χ0v) is 15.7. The van der Waals surface area contributed by atoms with Crippen molar-refractivity contribution >= 4 is 15.9 Å². The van der Waals surface area contributed by atoms with Gasteiger partial charge in [-0.15, -0.1) is 0 Å². The van der Waals surface area contributed by atoms with Crippen molar-refractivity contribution in [2.24, 2.45) is 5.41 Å². The Balaban J connectivity index is 2.94. The molecule has 0 fully saturated rings. The van der Waals surface area contributed by atoms with Crippen LogP contribution in [0.15, 0.2) is 28.7 Å². The highest BCUT2D eigenvalue weighted by Crippen LogP contribution is 2.28. The molecular formula is C18H30BrNO. The minimum Gasteiger partial charge on any atom is -0.376 e. The van der Waals surface area contributed by atoms with E-state index in [1.807, 2.05) is 0 Å². The van der Waals surface area contributed by atoms with Crippen LogP contribution in [0.5, 0.6) is 0 Å². The summed E-state index contributed by atoms with van der Waals surface area (Å²) in [6, 6.07) is 8.79. The third kappa shape index (κ3) is 6.09. The molecule has 1 aromatic rings. The molecule has 0 bridgehead atoms. The third-order valence-electron chi connectivity index (χ3n) is 3.62. The maximum Gasteiger partial charge on any atom is 0.0779 e. The largest absolute Gasteiger partial charge is 0.376 e. The Morgan fingerprint density at radius 2 is 1.86 bits per heavy atom. The summed E-state index contributed by atoms with van der Waals surface area (Å²) in [5.41, 5.74) is 1.45. The average Bonchev–Trinajstić information content (AvgIpc) is 2.42. The Morgan fingerprint density at radius 3 is 2.38 bits per heavy atom. The van der Waals surface area contributed by atoms with Crippen molar-refractivity contribution in [1.82, 2.24) is 5.32 Å². The van der Waals surface area contributed by atoms with Crippen molar-refractivity contribution in [2.45, 2.75) is 59.6 Å². The van der Waals surface area contributed by atoms with E-state index in [2.05, 4.69) is 80.1 Å². The lowest BCUT2D eigenvalue weighted by Crippen LogP contribution is -2.49. The number of nitrogens with one attached hydrogen (secondary N) is 1. The summed E-state index contributed by atoms with van der Waals surface area (Å²) in [6.07, 6.45) is 2.31. The Kier molecular flexibility index (Phi) is 7.93. The van der Waals surface area contributed by atoms with Gasteiger partial charge in [-0.3, -0.25) is 0 Å². The van der Waals surface area contributed by atoms with Crippen LogP contribution in [0.2, 0.25) is 0 Å². The molecule has 0 aliphatic rings. The summed E-state index contributed by atoms with van der Waals surface area (Å²) in [4.78, 5) is 0. The highest BCUT2D eigenvalue weighted by molar-refractivity contribution is 9.10. The first-order valence-corrected chi connectivity index (χ1v) is 8.77. The number of halogens is 1. The van der Waals surface area contributed by atoms with Gasteiger partial charge in [-0.25, -0.2) is 0 Å². The lowest BCUT2D eigenvalue weighted by molar-refractivity contribution is -0.0355. The molecule has 0 amide bonds. The molecule has 120 valence electrons. The van der Waals surface area contributed by atoms with Crippen molar-refractivity contribution in [1.29, 1.82) is 0 Å². The van der Waals surface area contributed by atoms with Crippen LogP contribution in [0, 0.1) is 5.41 Å². The fourth-order valence-electron chi connectivity index (χ4n) is 2.67. The molecule has 0 spiro atoms. The van der Waals surface area contributed by atoms with Crippen LogP contribution < -0.4 is 5.32 Å². The molecule has 0 saturated heterocycles. The SMILES string of the molecule is CCCNC(Cc1ccccc1Br)C(OCC)C(C)(C)C. The summed E-state index contributed by atoms with van der Waals surface area (Å²) >= 11 is 3.66. The van der Waals surface area contributed by atoms with E-state index in [4.69, 9.17) is 4.74 Å². The van der Waals surface area contributed by atoms with Crippen LogP contribution in [0.1, 0.15) is 46.6 Å². The maximum absolute atomic E-state index is 6.10. The minimum atomic E-state index is 0.114. The number of rotatable bonds is 8. The normalized spacial score (nSPS) is 15.0. The summed E-state index contributed by atoms with van der Waals surface area (Å²) in [5, 5.41) is 3.69. The summed E-state index contributed by atoms with van der Waals surface area (Å²) in [5.74, 6) is 0. The molecule has 0 radical (unpaired) electrons. The first-order valence-electron chi connectivity index (χ1n) is 7.98. The van der Waals surface area contributed by atoms with Gasteiger partial charge in [0.05, 0.1) is 6.10 Å². The standard InChI is InChI=1S/C18H30BrNO/c1-6-12-20-16(17(21-7-2)18(3,4)5)13-14-10-8-9-11-15(14)19/h8-11,16-17,20H,6-7,12-13H2,1-5H3. The molecule has 0 aliphatic carbocycles. The fraction of sp³-hybridized carbons (Fsp3) is 0.667. The second kappa shape index (κ2) is 8.92. The van der Waals surface area contributed by atoms with E-state index in [1.165, 1.54) is 10.0 Å². The predicted octanol–water partition coefficient (Wildman–Crippen LogP) is 4.81. The molecule has 1 aromatic carbocycles. The van der Waals surface area contributed by atoms with Crippen LogP contribution in [-0.4, -0.2) is 25.3 Å². The molecule has 0 heterocycles. The zero-order chi connectivity index (χ0) is 15.9. The number of hydrogen-bond acceptors (Lipinski definition) is 2. The Labute approximate surface area is 138 Å². The third-order valence-corrected chi connectivity index (χ3v) is 4.39. The predicted molar refractivity (Wildman–Crippen MR) is 94.8 cm³/mol. The van der Waals surface area contributed by atoms with E-state index in [-0.39, 0.29) is 11.5 Å².